The van der Waals surface area contributed by atoms with Crippen molar-refractivity contribution in [3.8, 4) is 0 Å². The highest BCUT2D eigenvalue weighted by atomic mass is 28.1. The summed E-state index contributed by atoms with van der Waals surface area (Å²) in [5, 5.41) is 9.49. The molecule has 0 amide bonds. The summed E-state index contributed by atoms with van der Waals surface area (Å²) in [5.41, 5.74) is 0.0648. The molecule has 0 aliphatic carbocycles. The van der Waals surface area contributed by atoms with Gasteiger partial charge in [-0.2, -0.15) is 0 Å². The molecule has 0 aromatic rings. The van der Waals surface area contributed by atoms with E-state index >= 15 is 0 Å². The van der Waals surface area contributed by atoms with E-state index in [-0.39, 0.29) is 16.5 Å². The van der Waals surface area contributed by atoms with Gasteiger partial charge in [-0.1, -0.05) is 6.58 Å². The van der Waals surface area contributed by atoms with Gasteiger partial charge < -0.3 is 0 Å². The van der Waals surface area contributed by atoms with E-state index in [1.54, 1.807) is 0 Å². The van der Waals surface area contributed by atoms with Crippen molar-refractivity contribution in [1.29, 1.82) is 0 Å². The zero-order chi connectivity index (χ0) is 5.15. The van der Waals surface area contributed by atoms with Gasteiger partial charge in [0.05, 0.1) is 0 Å². The van der Waals surface area contributed by atoms with E-state index in [0.717, 1.165) is 0 Å². The molecule has 0 atom stereocenters. The number of rotatable bonds is 1. The highest BCUT2D eigenvalue weighted by molar-refractivity contribution is 5.84. The lowest BCUT2D eigenvalue weighted by Crippen LogP contribution is -1.89. The van der Waals surface area contributed by atoms with E-state index in [1.165, 1.54) is 6.92 Å². The van der Waals surface area contributed by atoms with Crippen LogP contribution in [-0.2, 0) is 9.90 Å². The molecule has 0 aromatic carbocycles. The molecule has 0 saturated carbocycles. The second-order valence-corrected chi connectivity index (χ2v) is 1.07. The van der Waals surface area contributed by atoms with Crippen LogP contribution in [0.3, 0.4) is 0 Å². The van der Waals surface area contributed by atoms with Gasteiger partial charge in [-0.15, -0.1) is 0 Å². The van der Waals surface area contributed by atoms with Gasteiger partial charge in [0, 0.05) is 5.57 Å². The lowest BCUT2D eigenvalue weighted by molar-refractivity contribution is -0.138. The van der Waals surface area contributed by atoms with Crippen molar-refractivity contribution in [2.45, 2.75) is 6.92 Å². The fourth-order valence-electron chi connectivity index (χ4n) is 0. The van der Waals surface area contributed by atoms with Crippen molar-refractivity contribution in [2.75, 3.05) is 0 Å². The summed E-state index contributed by atoms with van der Waals surface area (Å²) < 4.78 is 0. The minimum atomic E-state index is -1.19. The molecule has 3 heteroatoms. The molecule has 0 rings (SSSR count). The predicted molar refractivity (Wildman–Crippen MR) is 31.8 cm³/mol. The minimum absolute atomic E-state index is 0. The van der Waals surface area contributed by atoms with Gasteiger partial charge >= 0.3 is 5.97 Å². The van der Waals surface area contributed by atoms with Crippen LogP contribution in [0.15, 0.2) is 12.2 Å². The maximum atomic E-state index is 9.49. The van der Waals surface area contributed by atoms with E-state index in [4.69, 9.17) is 0 Å². The van der Waals surface area contributed by atoms with Crippen LogP contribution in [0.4, 0.5) is 0 Å². The third-order valence-corrected chi connectivity index (χ3v) is 0.348. The Morgan fingerprint density at radius 2 is 1.71 bits per heavy atom. The molecule has 41 valence electrons. The summed E-state index contributed by atoms with van der Waals surface area (Å²) in [6.07, 6.45) is 0. The van der Waals surface area contributed by atoms with E-state index in [1.807, 2.05) is 0 Å². The Morgan fingerprint density at radius 3 is 1.71 bits per heavy atom. The molecule has 1 radical (unpaired) electrons. The fourth-order valence-corrected chi connectivity index (χ4v) is 0. The SMILES string of the molecule is C=C(C)C([O])=O.[SiH4]. The molecular formula is C4H9O2Si. The molecular weight excluding hydrogens is 108 g/mol. The van der Waals surface area contributed by atoms with Crippen LogP contribution in [-0.4, -0.2) is 16.9 Å². The quantitative estimate of drug-likeness (QED) is 0.323. The zero-order valence-electron chi connectivity index (χ0n) is 3.52. The predicted octanol–water partition coefficient (Wildman–Crippen LogP) is -0.932. The summed E-state index contributed by atoms with van der Waals surface area (Å²) in [6.45, 7) is 4.48. The molecule has 0 aliphatic rings. The standard InChI is InChI=1S/C4H5O2.H4Si/c1-3(2)4(5)6;/h1H2,2H3;1H4. The summed E-state index contributed by atoms with van der Waals surface area (Å²) in [6, 6.07) is 0. The Kier molecular flexibility index (Phi) is 4.98. The fraction of sp³-hybridized carbons (Fsp3) is 0.250. The minimum Gasteiger partial charge on any atom is -0.242 e. The number of carbonyl (C=O) groups is 1. The van der Waals surface area contributed by atoms with Crippen LogP contribution in [0.5, 0.6) is 0 Å². The van der Waals surface area contributed by atoms with Crippen molar-refractivity contribution in [3.63, 3.8) is 0 Å². The Morgan fingerprint density at radius 1 is 1.57 bits per heavy atom. The first kappa shape index (κ1) is 9.66. The van der Waals surface area contributed by atoms with Gasteiger partial charge in [0.25, 0.3) is 0 Å². The van der Waals surface area contributed by atoms with Crippen molar-refractivity contribution < 1.29 is 9.90 Å². The number of hydrogen-bond donors (Lipinski definition) is 0. The second-order valence-electron chi connectivity index (χ2n) is 1.07. The molecule has 0 aromatic heterocycles. The molecule has 2 nitrogen and oxygen atoms in total. The van der Waals surface area contributed by atoms with Crippen LogP contribution in [0.25, 0.3) is 0 Å². The first-order chi connectivity index (χ1) is 2.64. The second kappa shape index (κ2) is 3.61. The summed E-state index contributed by atoms with van der Waals surface area (Å²) in [7, 11) is 0. The largest absolute Gasteiger partial charge is 0.381 e. The molecule has 0 aliphatic heterocycles. The number of hydrogen-bond acceptors (Lipinski definition) is 1. The van der Waals surface area contributed by atoms with E-state index < -0.39 is 5.97 Å². The van der Waals surface area contributed by atoms with Gasteiger partial charge in [0.2, 0.25) is 0 Å². The summed E-state index contributed by atoms with van der Waals surface area (Å²) in [5.74, 6) is -1.19. The molecule has 0 heterocycles. The van der Waals surface area contributed by atoms with Crippen LogP contribution in [0.2, 0.25) is 0 Å². The van der Waals surface area contributed by atoms with E-state index in [0.29, 0.717) is 0 Å². The maximum Gasteiger partial charge on any atom is 0.381 e. The van der Waals surface area contributed by atoms with Crippen molar-refractivity contribution >= 4 is 16.9 Å². The van der Waals surface area contributed by atoms with Crippen LogP contribution < -0.4 is 0 Å². The Balaban J connectivity index is 0. The first-order valence-corrected chi connectivity index (χ1v) is 1.51. The maximum absolute atomic E-state index is 9.49. The normalized spacial score (nSPS) is 6.43. The van der Waals surface area contributed by atoms with Crippen LogP contribution in [0.1, 0.15) is 6.92 Å². The topological polar surface area (TPSA) is 37.0 Å². The Hall–Kier alpha value is -0.573. The lowest BCUT2D eigenvalue weighted by atomic mass is 10.4. The smallest absolute Gasteiger partial charge is 0.242 e. The molecule has 7 heavy (non-hydrogen) atoms. The summed E-state index contributed by atoms with van der Waals surface area (Å²) >= 11 is 0. The van der Waals surface area contributed by atoms with Crippen molar-refractivity contribution in [3.05, 3.63) is 12.2 Å². The zero-order valence-corrected chi connectivity index (χ0v) is 3.52. The molecule has 0 fully saturated rings. The first-order valence-electron chi connectivity index (χ1n) is 1.51. The van der Waals surface area contributed by atoms with E-state index in [2.05, 4.69) is 6.58 Å². The van der Waals surface area contributed by atoms with Gasteiger partial charge in [-0.05, 0) is 17.9 Å². The highest BCUT2D eigenvalue weighted by Gasteiger charge is 1.94. The Bertz CT molecular complexity index is 75.7. The van der Waals surface area contributed by atoms with Gasteiger partial charge in [0.15, 0.2) is 0 Å². The van der Waals surface area contributed by atoms with Crippen molar-refractivity contribution in [1.82, 2.24) is 0 Å². The van der Waals surface area contributed by atoms with Gasteiger partial charge in [-0.25, -0.2) is 9.90 Å². The average molecular weight is 117 g/mol. The third-order valence-electron chi connectivity index (χ3n) is 0.348. The Labute approximate surface area is 46.9 Å². The molecule has 0 saturated heterocycles. The third kappa shape index (κ3) is 5.43. The lowest BCUT2D eigenvalue weighted by Gasteiger charge is -1.74. The molecule has 0 bridgehead atoms. The number of carbonyl (C=O) groups excluding carboxylic acids is 1. The molecule has 0 spiro atoms. The van der Waals surface area contributed by atoms with Crippen molar-refractivity contribution in [2.24, 2.45) is 0 Å². The summed E-state index contributed by atoms with van der Waals surface area (Å²) in [4.78, 5) is 9.49. The molecule has 0 unspecified atom stereocenters. The van der Waals surface area contributed by atoms with Gasteiger partial charge in [-0.3, -0.25) is 0 Å². The van der Waals surface area contributed by atoms with Crippen LogP contribution in [0, 0.1) is 0 Å². The van der Waals surface area contributed by atoms with E-state index in [9.17, 15) is 9.90 Å². The monoisotopic (exact) mass is 117 g/mol. The highest BCUT2D eigenvalue weighted by Crippen LogP contribution is 1.82. The van der Waals surface area contributed by atoms with Crippen LogP contribution >= 0.6 is 0 Å². The average Bonchev–Trinajstić information content (AvgIpc) is 1.36. The van der Waals surface area contributed by atoms with Gasteiger partial charge in [0.1, 0.15) is 0 Å². The molecule has 0 N–H and O–H groups in total.